The Labute approximate surface area is 89.9 Å². The largest absolute Gasteiger partial charge is 0.303 e. The molecule has 76 valence electrons. The fourth-order valence-electron chi connectivity index (χ4n) is 1.45. The van der Waals surface area contributed by atoms with Crippen LogP contribution in [0.3, 0.4) is 0 Å². The van der Waals surface area contributed by atoms with E-state index in [0.29, 0.717) is 6.42 Å². The summed E-state index contributed by atoms with van der Waals surface area (Å²) in [4.78, 5) is 11.6. The van der Waals surface area contributed by atoms with Crippen LogP contribution in [0.1, 0.15) is 23.1 Å². The monoisotopic (exact) mass is 208 g/mol. The third-order valence-electron chi connectivity index (χ3n) is 2.43. The minimum absolute atomic E-state index is 0.621. The van der Waals surface area contributed by atoms with Crippen LogP contribution >= 0.6 is 11.8 Å². The molecule has 0 saturated heterocycles. The van der Waals surface area contributed by atoms with Crippen molar-refractivity contribution >= 4 is 18.0 Å². The summed E-state index contributed by atoms with van der Waals surface area (Å²) in [7, 11) is 0. The van der Waals surface area contributed by atoms with Crippen LogP contribution in [0.2, 0.25) is 0 Å². The van der Waals surface area contributed by atoms with E-state index in [2.05, 4.69) is 32.2 Å². The predicted octanol–water partition coefficient (Wildman–Crippen LogP) is 3.16. The zero-order chi connectivity index (χ0) is 10.6. The molecular weight excluding hydrogens is 192 g/mol. The van der Waals surface area contributed by atoms with Gasteiger partial charge in [-0.3, -0.25) is 0 Å². The smallest absolute Gasteiger partial charge is 0.120 e. The minimum Gasteiger partial charge on any atom is -0.303 e. The summed E-state index contributed by atoms with van der Waals surface area (Å²) < 4.78 is 0. The molecular formula is C12H16OS. The number of benzene rings is 1. The Morgan fingerprint density at radius 1 is 1.29 bits per heavy atom. The van der Waals surface area contributed by atoms with Gasteiger partial charge in [0.1, 0.15) is 6.29 Å². The van der Waals surface area contributed by atoms with Crippen molar-refractivity contribution in [2.24, 2.45) is 0 Å². The highest BCUT2D eigenvalue weighted by molar-refractivity contribution is 7.98. The summed E-state index contributed by atoms with van der Waals surface area (Å²) in [6.07, 6.45) is 4.55. The van der Waals surface area contributed by atoms with Crippen LogP contribution in [0, 0.1) is 13.8 Å². The van der Waals surface area contributed by atoms with E-state index in [-0.39, 0.29) is 0 Å². The summed E-state index contributed by atoms with van der Waals surface area (Å²) in [5.41, 5.74) is 3.93. The van der Waals surface area contributed by atoms with Crippen molar-refractivity contribution in [1.82, 2.24) is 0 Å². The molecule has 0 atom stereocenters. The van der Waals surface area contributed by atoms with E-state index in [1.165, 1.54) is 21.6 Å². The van der Waals surface area contributed by atoms with Crippen molar-refractivity contribution in [3.05, 3.63) is 28.8 Å². The first-order valence-corrected chi connectivity index (χ1v) is 5.99. The van der Waals surface area contributed by atoms with Crippen LogP contribution in [0.25, 0.3) is 0 Å². The normalized spacial score (nSPS) is 10.2. The van der Waals surface area contributed by atoms with Crippen molar-refractivity contribution in [3.8, 4) is 0 Å². The number of aryl methyl sites for hydroxylation is 3. The van der Waals surface area contributed by atoms with Crippen molar-refractivity contribution in [2.75, 3.05) is 6.26 Å². The zero-order valence-electron chi connectivity index (χ0n) is 8.96. The zero-order valence-corrected chi connectivity index (χ0v) is 9.78. The van der Waals surface area contributed by atoms with E-state index in [0.717, 1.165) is 12.7 Å². The quantitative estimate of drug-likeness (QED) is 0.558. The van der Waals surface area contributed by atoms with E-state index in [4.69, 9.17) is 0 Å². The Morgan fingerprint density at radius 3 is 2.50 bits per heavy atom. The molecule has 1 aromatic carbocycles. The van der Waals surface area contributed by atoms with Gasteiger partial charge in [0.15, 0.2) is 0 Å². The number of hydrogen-bond acceptors (Lipinski definition) is 2. The molecule has 0 aliphatic rings. The Bertz CT molecular complexity index is 331. The van der Waals surface area contributed by atoms with Gasteiger partial charge in [0, 0.05) is 11.3 Å². The van der Waals surface area contributed by atoms with Crippen LogP contribution in [-0.2, 0) is 11.2 Å². The van der Waals surface area contributed by atoms with Gasteiger partial charge in [-0.1, -0.05) is 6.07 Å². The Morgan fingerprint density at radius 2 is 1.93 bits per heavy atom. The first kappa shape index (κ1) is 11.3. The molecule has 1 nitrogen and oxygen atoms in total. The molecule has 0 fully saturated rings. The molecule has 0 heterocycles. The highest BCUT2D eigenvalue weighted by atomic mass is 32.2. The molecule has 0 spiro atoms. The maximum Gasteiger partial charge on any atom is 0.120 e. The lowest BCUT2D eigenvalue weighted by Crippen LogP contribution is -1.93. The molecule has 0 amide bonds. The van der Waals surface area contributed by atoms with E-state index >= 15 is 0 Å². The minimum atomic E-state index is 0.621. The second kappa shape index (κ2) is 5.20. The van der Waals surface area contributed by atoms with Gasteiger partial charge in [-0.2, -0.15) is 0 Å². The topological polar surface area (TPSA) is 17.1 Å². The number of hydrogen-bond donors (Lipinski definition) is 0. The fraction of sp³-hybridized carbons (Fsp3) is 0.417. The van der Waals surface area contributed by atoms with Crippen molar-refractivity contribution in [1.29, 1.82) is 0 Å². The summed E-state index contributed by atoms with van der Waals surface area (Å²) in [6, 6.07) is 4.41. The van der Waals surface area contributed by atoms with Gasteiger partial charge >= 0.3 is 0 Å². The molecule has 1 aromatic rings. The average Bonchev–Trinajstić information content (AvgIpc) is 2.19. The molecule has 0 radical (unpaired) electrons. The molecule has 0 aromatic heterocycles. The second-order valence-corrected chi connectivity index (χ2v) is 4.30. The maximum atomic E-state index is 10.3. The maximum absolute atomic E-state index is 10.3. The standard InChI is InChI=1S/C12H16OS/c1-9-7-11(5-4-6-13)12(14-3)8-10(9)2/h6-8H,4-5H2,1-3H3. The van der Waals surface area contributed by atoms with Crippen LogP contribution in [-0.4, -0.2) is 12.5 Å². The van der Waals surface area contributed by atoms with E-state index in [1.54, 1.807) is 11.8 Å². The summed E-state index contributed by atoms with van der Waals surface area (Å²) in [5, 5.41) is 0. The first-order valence-electron chi connectivity index (χ1n) is 4.76. The molecule has 0 aliphatic carbocycles. The van der Waals surface area contributed by atoms with Gasteiger partial charge in [-0.05, 0) is 49.3 Å². The third kappa shape index (κ3) is 2.61. The first-order chi connectivity index (χ1) is 6.69. The van der Waals surface area contributed by atoms with Crippen LogP contribution < -0.4 is 0 Å². The van der Waals surface area contributed by atoms with Crippen LogP contribution in [0.4, 0.5) is 0 Å². The molecule has 0 bridgehead atoms. The molecule has 14 heavy (non-hydrogen) atoms. The van der Waals surface area contributed by atoms with Crippen molar-refractivity contribution in [2.45, 2.75) is 31.6 Å². The number of carbonyl (C=O) groups excluding carboxylic acids is 1. The molecule has 0 unspecified atom stereocenters. The highest BCUT2D eigenvalue weighted by Crippen LogP contribution is 2.25. The highest BCUT2D eigenvalue weighted by Gasteiger charge is 2.03. The Balaban J connectivity index is 3.00. The molecule has 0 aliphatic heterocycles. The number of carbonyl (C=O) groups is 1. The van der Waals surface area contributed by atoms with E-state index < -0.39 is 0 Å². The van der Waals surface area contributed by atoms with Gasteiger partial charge in [0.2, 0.25) is 0 Å². The third-order valence-corrected chi connectivity index (χ3v) is 3.25. The fourth-order valence-corrected chi connectivity index (χ4v) is 2.17. The summed E-state index contributed by atoms with van der Waals surface area (Å²) >= 11 is 1.75. The number of aldehydes is 1. The lowest BCUT2D eigenvalue weighted by atomic mass is 10.0. The SMILES string of the molecule is CSc1cc(C)c(C)cc1CCC=O. The lowest BCUT2D eigenvalue weighted by Gasteiger charge is -2.09. The lowest BCUT2D eigenvalue weighted by molar-refractivity contribution is -0.107. The molecule has 2 heteroatoms. The Hall–Kier alpha value is -0.760. The van der Waals surface area contributed by atoms with Crippen LogP contribution in [0.5, 0.6) is 0 Å². The van der Waals surface area contributed by atoms with Gasteiger partial charge in [0.05, 0.1) is 0 Å². The Kier molecular flexibility index (Phi) is 4.21. The van der Waals surface area contributed by atoms with Gasteiger partial charge in [-0.15, -0.1) is 11.8 Å². The number of thioether (sulfide) groups is 1. The van der Waals surface area contributed by atoms with Crippen LogP contribution in [0.15, 0.2) is 17.0 Å². The summed E-state index contributed by atoms with van der Waals surface area (Å²) in [6.45, 7) is 4.24. The van der Waals surface area contributed by atoms with E-state index in [9.17, 15) is 4.79 Å². The molecule has 0 N–H and O–H groups in total. The van der Waals surface area contributed by atoms with E-state index in [1.807, 2.05) is 0 Å². The summed E-state index contributed by atoms with van der Waals surface area (Å²) in [5.74, 6) is 0. The van der Waals surface area contributed by atoms with Gasteiger partial charge in [0.25, 0.3) is 0 Å². The number of rotatable bonds is 4. The van der Waals surface area contributed by atoms with Crippen molar-refractivity contribution < 1.29 is 4.79 Å². The molecule has 1 rings (SSSR count). The molecule has 0 saturated carbocycles. The van der Waals surface area contributed by atoms with Gasteiger partial charge in [-0.25, -0.2) is 0 Å². The van der Waals surface area contributed by atoms with Crippen molar-refractivity contribution in [3.63, 3.8) is 0 Å². The average molecular weight is 208 g/mol. The predicted molar refractivity (Wildman–Crippen MR) is 62.1 cm³/mol. The second-order valence-electron chi connectivity index (χ2n) is 3.45. The van der Waals surface area contributed by atoms with Gasteiger partial charge < -0.3 is 4.79 Å².